The number of rotatable bonds is 5. The summed E-state index contributed by atoms with van der Waals surface area (Å²) in [5, 5.41) is 3.43. The van der Waals surface area contributed by atoms with Crippen molar-refractivity contribution >= 4 is 0 Å². The lowest BCUT2D eigenvalue weighted by molar-refractivity contribution is 0.0722. The topological polar surface area (TPSA) is 30.5 Å². The van der Waals surface area contributed by atoms with Crippen LogP contribution < -0.4 is 5.32 Å². The monoisotopic (exact) mass is 187 g/mol. The first-order valence-corrected chi connectivity index (χ1v) is 5.12. The van der Waals surface area contributed by atoms with Crippen molar-refractivity contribution in [2.24, 2.45) is 0 Å². The Bertz CT molecular complexity index is 135. The lowest BCUT2D eigenvalue weighted by Crippen LogP contribution is -2.40. The molecule has 3 atom stereocenters. The van der Waals surface area contributed by atoms with E-state index < -0.39 is 0 Å². The van der Waals surface area contributed by atoms with Crippen LogP contribution in [0.15, 0.2) is 0 Å². The van der Waals surface area contributed by atoms with Crippen LogP contribution in [-0.4, -0.2) is 38.5 Å². The fourth-order valence-electron chi connectivity index (χ4n) is 1.49. The fraction of sp³-hybridized carbons (Fsp3) is 1.00. The Hall–Kier alpha value is -0.120. The van der Waals surface area contributed by atoms with Crippen LogP contribution >= 0.6 is 0 Å². The fourth-order valence-corrected chi connectivity index (χ4v) is 1.49. The van der Waals surface area contributed by atoms with Crippen LogP contribution in [0.25, 0.3) is 0 Å². The quantitative estimate of drug-likeness (QED) is 0.701. The van der Waals surface area contributed by atoms with Crippen LogP contribution in [0, 0.1) is 0 Å². The molecule has 0 spiro atoms. The molecule has 3 heteroatoms. The Morgan fingerprint density at radius 3 is 2.85 bits per heavy atom. The molecule has 78 valence electrons. The highest BCUT2D eigenvalue weighted by Crippen LogP contribution is 2.11. The number of hydrogen-bond donors (Lipinski definition) is 1. The van der Waals surface area contributed by atoms with Crippen molar-refractivity contribution in [1.82, 2.24) is 5.32 Å². The van der Waals surface area contributed by atoms with Crippen molar-refractivity contribution in [3.05, 3.63) is 0 Å². The minimum atomic E-state index is 0.265. The summed E-state index contributed by atoms with van der Waals surface area (Å²) in [6.45, 7) is 6.10. The molecule has 0 radical (unpaired) electrons. The Labute approximate surface area is 80.8 Å². The zero-order valence-corrected chi connectivity index (χ0v) is 8.88. The zero-order chi connectivity index (χ0) is 9.68. The molecule has 1 rings (SSSR count). The number of methoxy groups -OCH3 is 1. The molecule has 1 N–H and O–H groups in total. The first-order valence-electron chi connectivity index (χ1n) is 5.12. The van der Waals surface area contributed by atoms with Gasteiger partial charge in [0.05, 0.1) is 12.2 Å². The number of hydrogen-bond acceptors (Lipinski definition) is 3. The molecular weight excluding hydrogens is 166 g/mol. The Morgan fingerprint density at radius 1 is 1.54 bits per heavy atom. The molecule has 0 aliphatic carbocycles. The van der Waals surface area contributed by atoms with Gasteiger partial charge in [-0.05, 0) is 26.7 Å². The zero-order valence-electron chi connectivity index (χ0n) is 8.88. The van der Waals surface area contributed by atoms with Gasteiger partial charge in [-0.15, -0.1) is 0 Å². The number of ether oxygens (including phenoxy) is 2. The van der Waals surface area contributed by atoms with Gasteiger partial charge in [-0.3, -0.25) is 0 Å². The SMILES string of the molecule is COC(C)C(C)NCC1CCCO1. The van der Waals surface area contributed by atoms with Gasteiger partial charge in [-0.1, -0.05) is 0 Å². The van der Waals surface area contributed by atoms with E-state index in [0.717, 1.165) is 13.2 Å². The lowest BCUT2D eigenvalue weighted by atomic mass is 10.2. The van der Waals surface area contributed by atoms with Crippen molar-refractivity contribution in [2.75, 3.05) is 20.3 Å². The molecule has 3 nitrogen and oxygen atoms in total. The summed E-state index contributed by atoms with van der Waals surface area (Å²) in [7, 11) is 1.74. The van der Waals surface area contributed by atoms with E-state index >= 15 is 0 Å². The Morgan fingerprint density at radius 2 is 2.31 bits per heavy atom. The van der Waals surface area contributed by atoms with Crippen LogP contribution in [0.5, 0.6) is 0 Å². The average molecular weight is 187 g/mol. The summed E-state index contributed by atoms with van der Waals surface area (Å²) in [5.41, 5.74) is 0. The van der Waals surface area contributed by atoms with Gasteiger partial charge in [0.2, 0.25) is 0 Å². The van der Waals surface area contributed by atoms with Crippen LogP contribution in [0.2, 0.25) is 0 Å². The molecule has 0 bridgehead atoms. The van der Waals surface area contributed by atoms with E-state index in [0.29, 0.717) is 12.1 Å². The van der Waals surface area contributed by atoms with Gasteiger partial charge in [0.15, 0.2) is 0 Å². The molecular formula is C10H21NO2. The highest BCUT2D eigenvalue weighted by molar-refractivity contribution is 4.73. The predicted octanol–water partition coefficient (Wildman–Crippen LogP) is 1.18. The van der Waals surface area contributed by atoms with Gasteiger partial charge in [-0.25, -0.2) is 0 Å². The summed E-state index contributed by atoms with van der Waals surface area (Å²) in [4.78, 5) is 0. The van der Waals surface area contributed by atoms with Crippen molar-refractivity contribution in [3.8, 4) is 0 Å². The summed E-state index contributed by atoms with van der Waals surface area (Å²) in [6, 6.07) is 0.397. The van der Waals surface area contributed by atoms with Crippen LogP contribution in [0.1, 0.15) is 26.7 Å². The van der Waals surface area contributed by atoms with Crippen molar-refractivity contribution in [2.45, 2.75) is 44.9 Å². The first kappa shape index (κ1) is 11.0. The highest BCUT2D eigenvalue weighted by atomic mass is 16.5. The third-order valence-electron chi connectivity index (χ3n) is 2.77. The molecule has 0 aromatic heterocycles. The van der Waals surface area contributed by atoms with Crippen LogP contribution in [0.3, 0.4) is 0 Å². The summed E-state index contributed by atoms with van der Waals surface area (Å²) in [5.74, 6) is 0. The molecule has 1 saturated heterocycles. The summed E-state index contributed by atoms with van der Waals surface area (Å²) < 4.78 is 10.7. The van der Waals surface area contributed by atoms with Crippen molar-refractivity contribution in [1.29, 1.82) is 0 Å². The predicted molar refractivity (Wildman–Crippen MR) is 52.9 cm³/mol. The minimum Gasteiger partial charge on any atom is -0.380 e. The van der Waals surface area contributed by atoms with E-state index in [9.17, 15) is 0 Å². The molecule has 0 aromatic rings. The van der Waals surface area contributed by atoms with Gasteiger partial charge < -0.3 is 14.8 Å². The van der Waals surface area contributed by atoms with E-state index in [1.54, 1.807) is 7.11 Å². The molecule has 1 fully saturated rings. The third-order valence-corrected chi connectivity index (χ3v) is 2.77. The maximum atomic E-state index is 5.51. The first-order chi connectivity index (χ1) is 6.24. The standard InChI is InChI=1S/C10H21NO2/c1-8(9(2)12-3)11-7-10-5-4-6-13-10/h8-11H,4-7H2,1-3H3. The molecule has 1 aliphatic rings. The summed E-state index contributed by atoms with van der Waals surface area (Å²) >= 11 is 0. The molecule has 13 heavy (non-hydrogen) atoms. The lowest BCUT2D eigenvalue weighted by Gasteiger charge is -2.21. The van der Waals surface area contributed by atoms with Crippen molar-refractivity contribution in [3.63, 3.8) is 0 Å². The highest BCUT2D eigenvalue weighted by Gasteiger charge is 2.17. The van der Waals surface area contributed by atoms with E-state index in [4.69, 9.17) is 9.47 Å². The molecule has 0 aromatic carbocycles. The maximum Gasteiger partial charge on any atom is 0.0700 e. The van der Waals surface area contributed by atoms with Crippen molar-refractivity contribution < 1.29 is 9.47 Å². The van der Waals surface area contributed by atoms with Crippen LogP contribution in [0.4, 0.5) is 0 Å². The van der Waals surface area contributed by atoms with Gasteiger partial charge in [-0.2, -0.15) is 0 Å². The van der Waals surface area contributed by atoms with E-state index in [1.165, 1.54) is 12.8 Å². The molecule has 1 aliphatic heterocycles. The van der Waals surface area contributed by atoms with Crippen LogP contribution in [-0.2, 0) is 9.47 Å². The molecule has 3 unspecified atom stereocenters. The van der Waals surface area contributed by atoms with Gasteiger partial charge in [0, 0.05) is 26.3 Å². The molecule has 0 saturated carbocycles. The summed E-state index contributed by atoms with van der Waals surface area (Å²) in [6.07, 6.45) is 3.09. The minimum absolute atomic E-state index is 0.265. The van der Waals surface area contributed by atoms with Gasteiger partial charge >= 0.3 is 0 Å². The normalized spacial score (nSPS) is 27.5. The largest absolute Gasteiger partial charge is 0.380 e. The smallest absolute Gasteiger partial charge is 0.0700 e. The Kier molecular flexibility index (Phi) is 4.70. The second-order valence-corrected chi connectivity index (χ2v) is 3.77. The molecule has 0 amide bonds. The third kappa shape index (κ3) is 3.63. The maximum absolute atomic E-state index is 5.51. The van der Waals surface area contributed by atoms with E-state index in [1.807, 2.05) is 0 Å². The second kappa shape index (κ2) is 5.58. The Balaban J connectivity index is 2.10. The van der Waals surface area contributed by atoms with Gasteiger partial charge in [0.1, 0.15) is 0 Å². The number of nitrogens with one attached hydrogen (secondary N) is 1. The average Bonchev–Trinajstić information content (AvgIpc) is 2.65. The molecule has 1 heterocycles. The van der Waals surface area contributed by atoms with E-state index in [-0.39, 0.29) is 6.10 Å². The second-order valence-electron chi connectivity index (χ2n) is 3.77. The van der Waals surface area contributed by atoms with Gasteiger partial charge in [0.25, 0.3) is 0 Å². The van der Waals surface area contributed by atoms with E-state index in [2.05, 4.69) is 19.2 Å².